The maximum atomic E-state index is 12.6. The number of hydrogen-bond acceptors (Lipinski definition) is 5. The van der Waals surface area contributed by atoms with Crippen LogP contribution in [0.25, 0.3) is 0 Å². The number of carbonyl (C=O) groups excluding carboxylic acids is 1. The van der Waals surface area contributed by atoms with Crippen LogP contribution in [0.3, 0.4) is 0 Å². The molecule has 2 aromatic carbocycles. The molecule has 0 fully saturated rings. The molecule has 5 heteroatoms. The van der Waals surface area contributed by atoms with E-state index in [1.54, 1.807) is 43.0 Å². The van der Waals surface area contributed by atoms with Gasteiger partial charge in [0.15, 0.2) is 6.04 Å². The second-order valence-electron chi connectivity index (χ2n) is 6.40. The Morgan fingerprint density at radius 1 is 1.19 bits per heavy atom. The maximum Gasteiger partial charge on any atom is 0.333 e. The van der Waals surface area contributed by atoms with Crippen molar-refractivity contribution in [3.63, 3.8) is 0 Å². The molecule has 0 saturated heterocycles. The number of nitriles is 1. The summed E-state index contributed by atoms with van der Waals surface area (Å²) in [6.45, 7) is 8.60. The lowest BCUT2D eigenvalue weighted by Gasteiger charge is -2.21. The number of esters is 1. The number of nitrogens with zero attached hydrogens (tertiary/aromatic N) is 1. The Bertz CT molecular complexity index is 810. The Kier molecular flexibility index (Phi) is 7.75. The largest absolute Gasteiger partial charge is 0.464 e. The molecule has 0 saturated carbocycles. The molecule has 0 radical (unpaired) electrons. The number of carbonyl (C=O) groups is 1. The van der Waals surface area contributed by atoms with Gasteiger partial charge in [-0.2, -0.15) is 5.26 Å². The molecule has 0 aliphatic heterocycles. The van der Waals surface area contributed by atoms with Crippen molar-refractivity contribution in [2.24, 2.45) is 0 Å². The van der Waals surface area contributed by atoms with Crippen LogP contribution in [0.2, 0.25) is 0 Å². The highest BCUT2D eigenvalue weighted by atomic mass is 32.2. The number of benzene rings is 2. The van der Waals surface area contributed by atoms with E-state index < -0.39 is 6.04 Å². The predicted molar refractivity (Wildman–Crippen MR) is 111 cm³/mol. The van der Waals surface area contributed by atoms with Crippen LogP contribution >= 0.6 is 11.8 Å². The Morgan fingerprint density at radius 3 is 2.44 bits per heavy atom. The van der Waals surface area contributed by atoms with Crippen LogP contribution in [-0.2, 0) is 9.53 Å². The Balaban J connectivity index is 2.39. The molecule has 0 heterocycles. The average molecular weight is 383 g/mol. The minimum Gasteiger partial charge on any atom is -0.464 e. The van der Waals surface area contributed by atoms with Crippen molar-refractivity contribution in [2.75, 3.05) is 17.7 Å². The summed E-state index contributed by atoms with van der Waals surface area (Å²) in [5.41, 5.74) is 3.51. The van der Waals surface area contributed by atoms with E-state index in [1.165, 1.54) is 10.5 Å². The van der Waals surface area contributed by atoms with Crippen molar-refractivity contribution in [1.82, 2.24) is 0 Å². The van der Waals surface area contributed by atoms with Gasteiger partial charge in [-0.1, -0.05) is 32.9 Å². The fourth-order valence-corrected chi connectivity index (χ4v) is 3.80. The molecule has 0 aliphatic rings. The van der Waals surface area contributed by atoms with Crippen molar-refractivity contribution in [3.05, 3.63) is 59.2 Å². The lowest BCUT2D eigenvalue weighted by molar-refractivity contribution is -0.144. The Hall–Kier alpha value is -2.45. The number of thioether (sulfide) groups is 1. The molecule has 1 atom stereocenters. The first kappa shape index (κ1) is 20.9. The van der Waals surface area contributed by atoms with Crippen LogP contribution in [0, 0.1) is 11.3 Å². The van der Waals surface area contributed by atoms with E-state index in [0.29, 0.717) is 18.1 Å². The monoisotopic (exact) mass is 382 g/mol. The highest BCUT2D eigenvalue weighted by Gasteiger charge is 2.23. The minimum absolute atomic E-state index is 0.313. The van der Waals surface area contributed by atoms with E-state index in [4.69, 9.17) is 10.00 Å². The van der Waals surface area contributed by atoms with Crippen molar-refractivity contribution in [3.8, 4) is 6.07 Å². The summed E-state index contributed by atoms with van der Waals surface area (Å²) in [7, 11) is 0. The van der Waals surface area contributed by atoms with Crippen LogP contribution in [0.1, 0.15) is 56.3 Å². The highest BCUT2D eigenvalue weighted by Crippen LogP contribution is 2.32. The third-order valence-electron chi connectivity index (χ3n) is 4.14. The van der Waals surface area contributed by atoms with Crippen LogP contribution in [0.4, 0.5) is 5.69 Å². The fourth-order valence-electron chi connectivity index (χ4n) is 2.80. The smallest absolute Gasteiger partial charge is 0.333 e. The number of anilines is 1. The summed E-state index contributed by atoms with van der Waals surface area (Å²) in [4.78, 5) is 13.8. The lowest BCUT2D eigenvalue weighted by Crippen LogP contribution is -2.23. The molecule has 2 rings (SSSR count). The van der Waals surface area contributed by atoms with Gasteiger partial charge >= 0.3 is 5.97 Å². The SMILES string of the molecule is CCOC(=O)C(Nc1ccc(C#N)cc1)c1ccc(C(C)C)c(SCC)c1. The van der Waals surface area contributed by atoms with Gasteiger partial charge in [0.05, 0.1) is 18.2 Å². The Morgan fingerprint density at radius 2 is 1.89 bits per heavy atom. The molecule has 0 aromatic heterocycles. The van der Waals surface area contributed by atoms with E-state index in [9.17, 15) is 4.79 Å². The zero-order chi connectivity index (χ0) is 19.8. The second kappa shape index (κ2) is 10.0. The molecule has 142 valence electrons. The van der Waals surface area contributed by atoms with Gasteiger partial charge < -0.3 is 10.1 Å². The molecule has 0 amide bonds. The van der Waals surface area contributed by atoms with E-state index in [2.05, 4.69) is 44.3 Å². The topological polar surface area (TPSA) is 62.1 Å². The standard InChI is InChI=1S/C22H26N2O2S/c1-5-26-22(25)21(24-18-10-7-16(14-23)8-11-18)17-9-12-19(15(3)4)20(13-17)27-6-2/h7-13,15,21,24H,5-6H2,1-4H3. The summed E-state index contributed by atoms with van der Waals surface area (Å²) in [5, 5.41) is 12.2. The van der Waals surface area contributed by atoms with Gasteiger partial charge in [0.1, 0.15) is 0 Å². The van der Waals surface area contributed by atoms with E-state index in [-0.39, 0.29) is 5.97 Å². The van der Waals surface area contributed by atoms with Crippen molar-refractivity contribution < 1.29 is 9.53 Å². The normalized spacial score (nSPS) is 11.7. The van der Waals surface area contributed by atoms with E-state index in [0.717, 1.165) is 17.0 Å². The molecule has 0 aliphatic carbocycles. The summed E-state index contributed by atoms with van der Waals surface area (Å²) >= 11 is 1.78. The predicted octanol–water partition coefficient (Wildman–Crippen LogP) is 5.51. The molecule has 27 heavy (non-hydrogen) atoms. The first-order valence-electron chi connectivity index (χ1n) is 9.20. The summed E-state index contributed by atoms with van der Waals surface area (Å²) in [6.07, 6.45) is 0. The molecular weight excluding hydrogens is 356 g/mol. The highest BCUT2D eigenvalue weighted by molar-refractivity contribution is 7.99. The van der Waals surface area contributed by atoms with E-state index in [1.807, 2.05) is 6.07 Å². The number of ether oxygens (including phenoxy) is 1. The van der Waals surface area contributed by atoms with Crippen LogP contribution < -0.4 is 5.32 Å². The zero-order valence-corrected chi connectivity index (χ0v) is 17.1. The minimum atomic E-state index is -0.602. The zero-order valence-electron chi connectivity index (χ0n) is 16.3. The molecule has 0 bridgehead atoms. The molecule has 0 spiro atoms. The number of nitrogens with one attached hydrogen (secondary N) is 1. The average Bonchev–Trinajstić information content (AvgIpc) is 2.66. The third kappa shape index (κ3) is 5.51. The second-order valence-corrected chi connectivity index (χ2v) is 7.71. The van der Waals surface area contributed by atoms with Crippen LogP contribution in [-0.4, -0.2) is 18.3 Å². The summed E-state index contributed by atoms with van der Waals surface area (Å²) in [6, 6.07) is 14.7. The fraction of sp³-hybridized carbons (Fsp3) is 0.364. The lowest BCUT2D eigenvalue weighted by atomic mass is 9.98. The molecule has 4 nitrogen and oxygen atoms in total. The first-order chi connectivity index (χ1) is 13.0. The van der Waals surface area contributed by atoms with Crippen molar-refractivity contribution >= 4 is 23.4 Å². The molecule has 2 aromatic rings. The third-order valence-corrected chi connectivity index (χ3v) is 5.09. The van der Waals surface area contributed by atoms with Gasteiger partial charge in [-0.3, -0.25) is 0 Å². The van der Waals surface area contributed by atoms with E-state index >= 15 is 0 Å². The summed E-state index contributed by atoms with van der Waals surface area (Å²) in [5.74, 6) is 1.07. The molecular formula is C22H26N2O2S. The maximum absolute atomic E-state index is 12.6. The van der Waals surface area contributed by atoms with Crippen LogP contribution in [0.5, 0.6) is 0 Å². The quantitative estimate of drug-likeness (QED) is 0.482. The van der Waals surface area contributed by atoms with Gasteiger partial charge in [-0.25, -0.2) is 4.79 Å². The number of hydrogen-bond donors (Lipinski definition) is 1. The van der Waals surface area contributed by atoms with Gasteiger partial charge in [-0.05, 0) is 60.1 Å². The van der Waals surface area contributed by atoms with Gasteiger partial charge in [-0.15, -0.1) is 11.8 Å². The Labute approximate surface area is 165 Å². The van der Waals surface area contributed by atoms with Gasteiger partial charge in [0, 0.05) is 10.6 Å². The van der Waals surface area contributed by atoms with Gasteiger partial charge in [0.2, 0.25) is 0 Å². The van der Waals surface area contributed by atoms with Crippen LogP contribution in [0.15, 0.2) is 47.4 Å². The summed E-state index contributed by atoms with van der Waals surface area (Å²) < 4.78 is 5.29. The molecule has 1 unspecified atom stereocenters. The molecule has 1 N–H and O–H groups in total. The first-order valence-corrected chi connectivity index (χ1v) is 10.2. The van der Waals surface area contributed by atoms with Crippen molar-refractivity contribution in [1.29, 1.82) is 5.26 Å². The number of rotatable bonds is 8. The van der Waals surface area contributed by atoms with Gasteiger partial charge in [0.25, 0.3) is 0 Å². The van der Waals surface area contributed by atoms with Crippen molar-refractivity contribution in [2.45, 2.75) is 44.6 Å².